The highest BCUT2D eigenvalue weighted by atomic mass is 16.2. The van der Waals surface area contributed by atoms with Crippen LogP contribution in [0.25, 0.3) is 21.7 Å². The molecule has 8 heteroatoms. The molecule has 1 amide bonds. The third-order valence-corrected chi connectivity index (χ3v) is 4.91. The molecular formula is C21H19N5O3. The zero-order valence-corrected chi connectivity index (χ0v) is 16.0. The Kier molecular flexibility index (Phi) is 4.67. The Labute approximate surface area is 165 Å². The van der Waals surface area contributed by atoms with E-state index < -0.39 is 5.92 Å². The fraction of sp³-hybridized carbons (Fsp3) is 0.190. The molecule has 29 heavy (non-hydrogen) atoms. The van der Waals surface area contributed by atoms with Crippen LogP contribution in [0.15, 0.2) is 58.4 Å². The van der Waals surface area contributed by atoms with Crippen LogP contribution < -0.4 is 16.4 Å². The molecule has 0 aliphatic heterocycles. The summed E-state index contributed by atoms with van der Waals surface area (Å²) in [5.74, 6) is -0.898. The second-order valence-electron chi connectivity index (χ2n) is 6.73. The normalized spacial score (nSPS) is 12.2. The van der Waals surface area contributed by atoms with Gasteiger partial charge >= 0.3 is 0 Å². The maximum absolute atomic E-state index is 12.9. The van der Waals surface area contributed by atoms with Gasteiger partial charge in [-0.1, -0.05) is 18.2 Å². The molecule has 4 aromatic rings. The molecule has 0 aliphatic carbocycles. The van der Waals surface area contributed by atoms with Crippen molar-refractivity contribution in [3.8, 4) is 0 Å². The van der Waals surface area contributed by atoms with E-state index in [1.807, 2.05) is 13.0 Å². The van der Waals surface area contributed by atoms with Gasteiger partial charge in [-0.25, -0.2) is 9.67 Å². The van der Waals surface area contributed by atoms with Crippen molar-refractivity contribution in [1.82, 2.24) is 19.7 Å². The first kappa shape index (κ1) is 18.5. The summed E-state index contributed by atoms with van der Waals surface area (Å²) in [4.78, 5) is 44.0. The van der Waals surface area contributed by atoms with Gasteiger partial charge in [0.25, 0.3) is 11.1 Å². The van der Waals surface area contributed by atoms with Crippen molar-refractivity contribution >= 4 is 33.3 Å². The van der Waals surface area contributed by atoms with Crippen molar-refractivity contribution in [2.45, 2.75) is 26.3 Å². The van der Waals surface area contributed by atoms with Gasteiger partial charge in [0.2, 0.25) is 5.91 Å². The Morgan fingerprint density at radius 2 is 1.90 bits per heavy atom. The van der Waals surface area contributed by atoms with E-state index in [1.54, 1.807) is 43.3 Å². The molecule has 0 fully saturated rings. The molecule has 0 bridgehead atoms. The number of benzene rings is 2. The van der Waals surface area contributed by atoms with Crippen molar-refractivity contribution in [1.29, 1.82) is 0 Å². The molecule has 0 unspecified atom stereocenters. The van der Waals surface area contributed by atoms with Crippen LogP contribution in [-0.4, -0.2) is 25.7 Å². The lowest BCUT2D eigenvalue weighted by Gasteiger charge is -2.16. The van der Waals surface area contributed by atoms with E-state index in [0.29, 0.717) is 39.6 Å². The summed E-state index contributed by atoms with van der Waals surface area (Å²) in [7, 11) is 0. The standard InChI is InChI=1S/C21H19N5O3/c1-3-26-21(29)15-7-5-4-6-14(15)18(25-26)12(2)19(27)24-13-8-9-17-16(10-13)20(28)23-11-22-17/h4-12H,3H2,1-2H3,(H,24,27)(H,22,23,28)/t12-/m0/s1. The molecule has 1 atom stereocenters. The van der Waals surface area contributed by atoms with Crippen LogP contribution in [0.1, 0.15) is 25.5 Å². The first-order valence-corrected chi connectivity index (χ1v) is 9.27. The maximum atomic E-state index is 12.9. The lowest BCUT2D eigenvalue weighted by Crippen LogP contribution is -2.27. The van der Waals surface area contributed by atoms with Gasteiger partial charge in [0.15, 0.2) is 0 Å². The Hall–Kier alpha value is -3.81. The number of carbonyl (C=O) groups excluding carboxylic acids is 1. The van der Waals surface area contributed by atoms with Gasteiger partial charge in [0.05, 0.1) is 34.2 Å². The molecule has 0 spiro atoms. The SMILES string of the molecule is CCn1nc([C@H](C)C(=O)Nc2ccc3nc[nH]c(=O)c3c2)c2ccccc2c1=O. The van der Waals surface area contributed by atoms with Gasteiger partial charge in [0, 0.05) is 17.6 Å². The number of aromatic amines is 1. The summed E-state index contributed by atoms with van der Waals surface area (Å²) in [6.07, 6.45) is 1.34. The van der Waals surface area contributed by atoms with Gasteiger partial charge in [-0.05, 0) is 38.1 Å². The van der Waals surface area contributed by atoms with Crippen LogP contribution in [0.4, 0.5) is 5.69 Å². The quantitative estimate of drug-likeness (QED) is 0.557. The summed E-state index contributed by atoms with van der Waals surface area (Å²) in [6.45, 7) is 3.98. The second-order valence-corrected chi connectivity index (χ2v) is 6.73. The first-order valence-electron chi connectivity index (χ1n) is 9.27. The molecule has 0 saturated heterocycles. The number of nitrogens with zero attached hydrogens (tertiary/aromatic N) is 3. The number of fused-ring (bicyclic) bond motifs is 2. The van der Waals surface area contributed by atoms with Crippen LogP contribution in [0.3, 0.4) is 0 Å². The molecule has 2 aromatic heterocycles. The van der Waals surface area contributed by atoms with E-state index in [-0.39, 0.29) is 17.0 Å². The number of aromatic nitrogens is 4. The minimum absolute atomic E-state index is 0.180. The number of aryl methyl sites for hydroxylation is 1. The van der Waals surface area contributed by atoms with Crippen LogP contribution in [0.2, 0.25) is 0 Å². The smallest absolute Gasteiger partial charge is 0.274 e. The highest BCUT2D eigenvalue weighted by molar-refractivity contribution is 5.99. The van der Waals surface area contributed by atoms with Crippen LogP contribution in [0.5, 0.6) is 0 Å². The maximum Gasteiger partial charge on any atom is 0.274 e. The average Bonchev–Trinajstić information content (AvgIpc) is 2.74. The van der Waals surface area contributed by atoms with Gasteiger partial charge < -0.3 is 10.3 Å². The molecule has 0 saturated carbocycles. The predicted molar refractivity (Wildman–Crippen MR) is 111 cm³/mol. The van der Waals surface area contributed by atoms with Gasteiger partial charge in [-0.2, -0.15) is 5.10 Å². The van der Waals surface area contributed by atoms with Crippen molar-refractivity contribution in [2.75, 3.05) is 5.32 Å². The Morgan fingerprint density at radius 1 is 1.14 bits per heavy atom. The fourth-order valence-corrected chi connectivity index (χ4v) is 3.32. The number of anilines is 1. The van der Waals surface area contributed by atoms with E-state index in [0.717, 1.165) is 0 Å². The summed E-state index contributed by atoms with van der Waals surface area (Å²) < 4.78 is 1.36. The molecule has 4 rings (SSSR count). The topological polar surface area (TPSA) is 110 Å². The lowest BCUT2D eigenvalue weighted by atomic mass is 10.0. The predicted octanol–water partition coefficient (Wildman–Crippen LogP) is 2.40. The summed E-state index contributed by atoms with van der Waals surface area (Å²) in [5, 5.41) is 8.83. The number of hydrogen-bond acceptors (Lipinski definition) is 5. The Bertz CT molecular complexity index is 1360. The highest BCUT2D eigenvalue weighted by Crippen LogP contribution is 2.23. The van der Waals surface area contributed by atoms with E-state index in [9.17, 15) is 14.4 Å². The number of H-pyrrole nitrogens is 1. The lowest BCUT2D eigenvalue weighted by molar-refractivity contribution is -0.117. The average molecular weight is 389 g/mol. The molecule has 0 aliphatic rings. The summed E-state index contributed by atoms with van der Waals surface area (Å²) in [6, 6.07) is 12.1. The monoisotopic (exact) mass is 389 g/mol. The van der Waals surface area contributed by atoms with Crippen LogP contribution in [0, 0.1) is 0 Å². The second kappa shape index (κ2) is 7.31. The molecule has 8 nitrogen and oxygen atoms in total. The molecule has 2 N–H and O–H groups in total. The Balaban J connectivity index is 1.72. The van der Waals surface area contributed by atoms with E-state index in [1.165, 1.54) is 11.0 Å². The minimum Gasteiger partial charge on any atom is -0.325 e. The highest BCUT2D eigenvalue weighted by Gasteiger charge is 2.22. The first-order chi connectivity index (χ1) is 14.0. The third kappa shape index (κ3) is 3.29. The largest absolute Gasteiger partial charge is 0.325 e. The van der Waals surface area contributed by atoms with Gasteiger partial charge in [-0.15, -0.1) is 0 Å². The number of carbonyl (C=O) groups is 1. The van der Waals surface area contributed by atoms with E-state index in [2.05, 4.69) is 20.4 Å². The van der Waals surface area contributed by atoms with E-state index >= 15 is 0 Å². The van der Waals surface area contributed by atoms with Crippen LogP contribution >= 0.6 is 0 Å². The van der Waals surface area contributed by atoms with Crippen molar-refractivity contribution in [3.63, 3.8) is 0 Å². The number of hydrogen-bond donors (Lipinski definition) is 2. The number of rotatable bonds is 4. The van der Waals surface area contributed by atoms with Crippen molar-refractivity contribution < 1.29 is 4.79 Å². The third-order valence-electron chi connectivity index (χ3n) is 4.91. The molecule has 2 heterocycles. The van der Waals surface area contributed by atoms with Crippen molar-refractivity contribution in [3.05, 3.63) is 75.2 Å². The zero-order valence-electron chi connectivity index (χ0n) is 16.0. The summed E-state index contributed by atoms with van der Waals surface area (Å²) in [5.41, 5.74) is 1.10. The van der Waals surface area contributed by atoms with E-state index in [4.69, 9.17) is 0 Å². The molecular weight excluding hydrogens is 370 g/mol. The number of amides is 1. The molecule has 2 aromatic carbocycles. The fourth-order valence-electron chi connectivity index (χ4n) is 3.32. The van der Waals surface area contributed by atoms with Crippen LogP contribution in [-0.2, 0) is 11.3 Å². The Morgan fingerprint density at radius 3 is 2.66 bits per heavy atom. The zero-order chi connectivity index (χ0) is 20.5. The van der Waals surface area contributed by atoms with Crippen molar-refractivity contribution in [2.24, 2.45) is 0 Å². The van der Waals surface area contributed by atoms with Gasteiger partial charge in [0.1, 0.15) is 0 Å². The number of nitrogens with one attached hydrogen (secondary N) is 2. The summed E-state index contributed by atoms with van der Waals surface area (Å²) >= 11 is 0. The van der Waals surface area contributed by atoms with Gasteiger partial charge in [-0.3, -0.25) is 14.4 Å². The molecule has 146 valence electrons. The molecule has 0 radical (unpaired) electrons. The minimum atomic E-state index is -0.610.